The predicted octanol–water partition coefficient (Wildman–Crippen LogP) is 3.82. The highest BCUT2D eigenvalue weighted by atomic mass is 19.2. The molecule has 10 nitrogen and oxygen atoms in total. The fraction of sp³-hybridized carbons (Fsp3) is 0.400. The molecule has 12 heteroatoms. The van der Waals surface area contributed by atoms with Crippen molar-refractivity contribution in [2.75, 3.05) is 33.0 Å². The number of tetrazole rings is 1. The van der Waals surface area contributed by atoms with Gasteiger partial charge < -0.3 is 15.4 Å². The first-order valence-electron chi connectivity index (χ1n) is 12.1. The number of nitrogens with two attached hydrogens (primary N) is 1. The van der Waals surface area contributed by atoms with E-state index in [1.165, 1.54) is 12.1 Å². The zero-order valence-electron chi connectivity index (χ0n) is 21.4. The Morgan fingerprint density at radius 2 is 1.92 bits per heavy atom. The van der Waals surface area contributed by atoms with Crippen LogP contribution in [-0.2, 0) is 6.54 Å². The van der Waals surface area contributed by atoms with Gasteiger partial charge in [0.15, 0.2) is 17.4 Å². The molecule has 196 valence electrons. The van der Waals surface area contributed by atoms with Crippen LogP contribution in [0.2, 0.25) is 0 Å². The van der Waals surface area contributed by atoms with Gasteiger partial charge in [0.25, 0.3) is 0 Å². The Bertz CT molecular complexity index is 1350. The number of ether oxygens (including phenoxy) is 1. The van der Waals surface area contributed by atoms with Crippen molar-refractivity contribution in [1.29, 1.82) is 0 Å². The van der Waals surface area contributed by atoms with E-state index in [2.05, 4.69) is 39.5 Å². The smallest absolute Gasteiger partial charge is 0.202 e. The molecule has 1 aromatic carbocycles. The molecule has 0 amide bonds. The maximum absolute atomic E-state index is 15.1. The van der Waals surface area contributed by atoms with Crippen LogP contribution in [0.3, 0.4) is 0 Å². The van der Waals surface area contributed by atoms with Crippen LogP contribution in [0.1, 0.15) is 26.7 Å². The summed E-state index contributed by atoms with van der Waals surface area (Å²) < 4.78 is 38.3. The number of hydrogen-bond acceptors (Lipinski definition) is 8. The van der Waals surface area contributed by atoms with E-state index in [9.17, 15) is 4.39 Å². The summed E-state index contributed by atoms with van der Waals surface area (Å²) in [6.45, 7) is 6.14. The zero-order valence-corrected chi connectivity index (χ0v) is 21.4. The molecule has 0 fully saturated rings. The predicted molar refractivity (Wildman–Crippen MR) is 136 cm³/mol. The Morgan fingerprint density at radius 1 is 1.11 bits per heavy atom. The van der Waals surface area contributed by atoms with E-state index in [-0.39, 0.29) is 29.7 Å². The van der Waals surface area contributed by atoms with Crippen molar-refractivity contribution >= 4 is 5.82 Å². The molecule has 3 heterocycles. The normalized spacial score (nSPS) is 11.6. The van der Waals surface area contributed by atoms with E-state index in [0.29, 0.717) is 17.9 Å². The van der Waals surface area contributed by atoms with Gasteiger partial charge in [-0.15, -0.1) is 5.10 Å². The number of benzene rings is 1. The van der Waals surface area contributed by atoms with Crippen LogP contribution in [-0.4, -0.2) is 67.1 Å². The molecule has 0 saturated carbocycles. The molecule has 0 saturated heterocycles. The van der Waals surface area contributed by atoms with E-state index >= 15 is 4.39 Å². The average Bonchev–Trinajstić information content (AvgIpc) is 3.53. The van der Waals surface area contributed by atoms with Crippen molar-refractivity contribution in [3.8, 4) is 34.0 Å². The van der Waals surface area contributed by atoms with Crippen molar-refractivity contribution in [1.82, 2.24) is 39.9 Å². The summed E-state index contributed by atoms with van der Waals surface area (Å²) in [6.07, 6.45) is 6.97. The summed E-state index contributed by atoms with van der Waals surface area (Å²) in [5, 5.41) is 16.0. The Morgan fingerprint density at radius 3 is 2.68 bits per heavy atom. The monoisotopic (exact) mass is 511 g/mol. The van der Waals surface area contributed by atoms with E-state index < -0.39 is 11.6 Å². The third-order valence-electron chi connectivity index (χ3n) is 5.79. The number of rotatable bonds is 11. The Balaban J connectivity index is 1.61. The van der Waals surface area contributed by atoms with Gasteiger partial charge in [-0.1, -0.05) is 13.8 Å². The molecule has 0 spiro atoms. The summed E-state index contributed by atoms with van der Waals surface area (Å²) in [5.74, 6) is -1.59. The minimum atomic E-state index is -1.13. The maximum atomic E-state index is 15.1. The topological polar surface area (TPSA) is 113 Å². The van der Waals surface area contributed by atoms with Crippen LogP contribution >= 0.6 is 0 Å². The average molecular weight is 512 g/mol. The molecular weight excluding hydrogens is 480 g/mol. The first kappa shape index (κ1) is 26.1. The molecule has 2 N–H and O–H groups in total. The minimum Gasteiger partial charge on any atom is -0.490 e. The molecular formula is C25H31F2N9O. The molecule has 0 bridgehead atoms. The standard InChI is InChI=1S/C25H31F2N9O/c1-16(2)8-10-35-15-18(14-30-35)17-12-19(24(28)29-13-17)25-31-32-33-36(25)20-6-7-21(23(27)22(20)26)37-11-5-9-34(3)4/h6-7,12-16H,5,8-11H2,1-4H3,(H2,28,29). The first-order valence-corrected chi connectivity index (χ1v) is 12.1. The van der Waals surface area contributed by atoms with E-state index in [4.69, 9.17) is 10.5 Å². The largest absolute Gasteiger partial charge is 0.490 e. The summed E-state index contributed by atoms with van der Waals surface area (Å²) >= 11 is 0. The van der Waals surface area contributed by atoms with Crippen molar-refractivity contribution in [3.05, 3.63) is 48.4 Å². The Kier molecular flexibility index (Phi) is 8.07. The van der Waals surface area contributed by atoms with Crippen LogP contribution < -0.4 is 10.5 Å². The molecule has 37 heavy (non-hydrogen) atoms. The quantitative estimate of drug-likeness (QED) is 0.303. The summed E-state index contributed by atoms with van der Waals surface area (Å²) in [6, 6.07) is 4.48. The molecule has 0 aliphatic rings. The number of halogens is 2. The zero-order chi connectivity index (χ0) is 26.5. The number of hydrogen-bond donors (Lipinski definition) is 1. The van der Waals surface area contributed by atoms with Gasteiger partial charge in [-0.25, -0.2) is 9.37 Å². The lowest BCUT2D eigenvalue weighted by atomic mass is 10.1. The van der Waals surface area contributed by atoms with Gasteiger partial charge in [-0.2, -0.15) is 14.2 Å². The highest BCUT2D eigenvalue weighted by Crippen LogP contribution is 2.31. The SMILES string of the molecule is CC(C)CCn1cc(-c2cnc(N)c(-c3nnnn3-c3ccc(OCCCN(C)C)c(F)c3F)c2)cn1. The van der Waals surface area contributed by atoms with Crippen molar-refractivity contribution in [3.63, 3.8) is 0 Å². The molecule has 3 aromatic heterocycles. The first-order chi connectivity index (χ1) is 17.7. The highest BCUT2D eigenvalue weighted by molar-refractivity contribution is 5.76. The second-order valence-corrected chi connectivity index (χ2v) is 9.46. The lowest BCUT2D eigenvalue weighted by molar-refractivity contribution is 0.267. The molecule has 0 aliphatic carbocycles. The molecule has 4 aromatic rings. The fourth-order valence-corrected chi connectivity index (χ4v) is 3.71. The summed E-state index contributed by atoms with van der Waals surface area (Å²) in [5.41, 5.74) is 7.92. The molecule has 0 aliphatic heterocycles. The molecule has 0 radical (unpaired) electrons. The van der Waals surface area contributed by atoms with Gasteiger partial charge in [0.1, 0.15) is 11.5 Å². The molecule has 4 rings (SSSR count). The van der Waals surface area contributed by atoms with Crippen molar-refractivity contribution in [2.24, 2.45) is 5.92 Å². The van der Waals surface area contributed by atoms with Crippen LogP contribution in [0.4, 0.5) is 14.6 Å². The summed E-state index contributed by atoms with van der Waals surface area (Å²) in [4.78, 5) is 6.26. The highest BCUT2D eigenvalue weighted by Gasteiger charge is 2.22. The number of nitrogen functional groups attached to an aromatic ring is 1. The number of aromatic nitrogens is 7. The maximum Gasteiger partial charge on any atom is 0.202 e. The van der Waals surface area contributed by atoms with Gasteiger partial charge in [-0.05, 0) is 61.5 Å². The lowest BCUT2D eigenvalue weighted by Crippen LogP contribution is -2.16. The Labute approximate surface area is 214 Å². The minimum absolute atomic E-state index is 0.122. The number of pyridine rings is 1. The second kappa shape index (κ2) is 11.4. The number of aryl methyl sites for hydroxylation is 1. The number of anilines is 1. The van der Waals surface area contributed by atoms with Crippen molar-refractivity contribution in [2.45, 2.75) is 33.2 Å². The van der Waals surface area contributed by atoms with Crippen LogP contribution in [0.25, 0.3) is 28.2 Å². The molecule has 0 atom stereocenters. The van der Waals surface area contributed by atoms with Gasteiger partial charge in [0.2, 0.25) is 5.82 Å². The van der Waals surface area contributed by atoms with Crippen LogP contribution in [0.15, 0.2) is 36.8 Å². The van der Waals surface area contributed by atoms with E-state index in [0.717, 1.165) is 35.3 Å². The van der Waals surface area contributed by atoms with E-state index in [1.54, 1.807) is 18.5 Å². The molecule has 0 unspecified atom stereocenters. The van der Waals surface area contributed by atoms with Gasteiger partial charge in [0, 0.05) is 36.6 Å². The lowest BCUT2D eigenvalue weighted by Gasteiger charge is -2.13. The van der Waals surface area contributed by atoms with Gasteiger partial charge >= 0.3 is 0 Å². The Hall–Kier alpha value is -3.93. The van der Waals surface area contributed by atoms with Crippen LogP contribution in [0, 0.1) is 17.6 Å². The number of nitrogens with zero attached hydrogens (tertiary/aromatic N) is 8. The second-order valence-electron chi connectivity index (χ2n) is 9.46. The fourth-order valence-electron chi connectivity index (χ4n) is 3.71. The third kappa shape index (κ3) is 6.08. The van der Waals surface area contributed by atoms with Crippen molar-refractivity contribution < 1.29 is 13.5 Å². The van der Waals surface area contributed by atoms with Gasteiger partial charge in [-0.3, -0.25) is 4.68 Å². The third-order valence-corrected chi connectivity index (χ3v) is 5.79. The van der Waals surface area contributed by atoms with Gasteiger partial charge in [0.05, 0.1) is 18.4 Å². The summed E-state index contributed by atoms with van der Waals surface area (Å²) in [7, 11) is 3.86. The van der Waals surface area contributed by atoms with Crippen LogP contribution in [0.5, 0.6) is 5.75 Å². The van der Waals surface area contributed by atoms with E-state index in [1.807, 2.05) is 29.9 Å².